The molecule has 30 heavy (non-hydrogen) atoms. The van der Waals surface area contributed by atoms with Crippen LogP contribution >= 0.6 is 11.6 Å². The van der Waals surface area contributed by atoms with Crippen LogP contribution in [0.2, 0.25) is 5.02 Å². The van der Waals surface area contributed by atoms with Crippen molar-refractivity contribution in [3.63, 3.8) is 0 Å². The predicted molar refractivity (Wildman–Crippen MR) is 108 cm³/mol. The molecule has 0 unspecified atom stereocenters. The number of nitrogens with zero attached hydrogens (tertiary/aromatic N) is 2. The van der Waals surface area contributed by atoms with Crippen LogP contribution in [0.3, 0.4) is 0 Å². The second kappa shape index (κ2) is 9.13. The molecule has 5 nitrogen and oxygen atoms in total. The van der Waals surface area contributed by atoms with Crippen LogP contribution in [-0.2, 0) is 17.5 Å². The van der Waals surface area contributed by atoms with Crippen LogP contribution < -0.4 is 10.9 Å². The van der Waals surface area contributed by atoms with Crippen molar-refractivity contribution in [2.24, 2.45) is 0 Å². The number of amides is 1. The Bertz CT molecular complexity index is 1100. The second-order valence-electron chi connectivity index (χ2n) is 6.49. The molecule has 0 saturated heterocycles. The Labute approximate surface area is 175 Å². The zero-order chi connectivity index (χ0) is 21.7. The first-order valence-corrected chi connectivity index (χ1v) is 9.42. The number of hydrogen-bond donors (Lipinski definition) is 1. The molecule has 3 rings (SSSR count). The lowest BCUT2D eigenvalue weighted by molar-refractivity contribution is -0.137. The van der Waals surface area contributed by atoms with E-state index in [-0.39, 0.29) is 35.7 Å². The molecule has 0 aliphatic rings. The van der Waals surface area contributed by atoms with Gasteiger partial charge in [-0.3, -0.25) is 9.59 Å². The highest BCUT2D eigenvalue weighted by atomic mass is 35.5. The maximum Gasteiger partial charge on any atom is 0.416 e. The Morgan fingerprint density at radius 3 is 2.50 bits per heavy atom. The monoisotopic (exact) mass is 435 g/mol. The summed E-state index contributed by atoms with van der Waals surface area (Å²) in [7, 11) is 0. The van der Waals surface area contributed by atoms with Gasteiger partial charge in [0, 0.05) is 24.6 Å². The van der Waals surface area contributed by atoms with Crippen molar-refractivity contribution < 1.29 is 18.0 Å². The van der Waals surface area contributed by atoms with Crippen LogP contribution in [0.15, 0.2) is 65.5 Å². The van der Waals surface area contributed by atoms with Crippen LogP contribution in [0.4, 0.5) is 18.9 Å². The van der Waals surface area contributed by atoms with Gasteiger partial charge in [0.1, 0.15) is 0 Å². The Kier molecular flexibility index (Phi) is 6.56. The molecule has 1 N–H and O–H groups in total. The number of aromatic nitrogens is 2. The minimum atomic E-state index is -4.54. The van der Waals surface area contributed by atoms with Gasteiger partial charge in [-0.05, 0) is 30.7 Å². The number of aryl methyl sites for hydroxylation is 1. The van der Waals surface area contributed by atoms with Gasteiger partial charge in [-0.1, -0.05) is 41.9 Å². The smallest absolute Gasteiger partial charge is 0.325 e. The van der Waals surface area contributed by atoms with Gasteiger partial charge in [-0.15, -0.1) is 0 Å². The molecule has 1 aromatic heterocycles. The van der Waals surface area contributed by atoms with E-state index < -0.39 is 17.6 Å². The molecule has 0 aliphatic heterocycles. The van der Waals surface area contributed by atoms with Gasteiger partial charge in [-0.25, -0.2) is 4.68 Å². The molecule has 3 aromatic rings. The molecule has 1 heterocycles. The largest absolute Gasteiger partial charge is 0.416 e. The van der Waals surface area contributed by atoms with Gasteiger partial charge >= 0.3 is 6.18 Å². The number of carbonyl (C=O) groups excluding carboxylic acids is 1. The molecule has 1 amide bonds. The summed E-state index contributed by atoms with van der Waals surface area (Å²) >= 11 is 5.88. The average Bonchev–Trinajstić information content (AvgIpc) is 2.71. The first kappa shape index (κ1) is 21.6. The molecule has 0 atom stereocenters. The minimum absolute atomic E-state index is 0.00444. The topological polar surface area (TPSA) is 64.0 Å². The number of alkyl halides is 3. The number of carbonyl (C=O) groups is 1. The summed E-state index contributed by atoms with van der Waals surface area (Å²) in [5.74, 6) is -0.511. The van der Waals surface area contributed by atoms with Crippen LogP contribution in [0, 0.1) is 0 Å². The molecule has 0 saturated carbocycles. The zero-order valence-corrected chi connectivity index (χ0v) is 16.4. The number of anilines is 1. The number of rotatable bonds is 6. The molecular weight excluding hydrogens is 419 g/mol. The van der Waals surface area contributed by atoms with Crippen molar-refractivity contribution in [2.45, 2.75) is 25.6 Å². The maximum atomic E-state index is 12.8. The summed E-state index contributed by atoms with van der Waals surface area (Å²) in [6.45, 7) is 0.184. The third-order valence-corrected chi connectivity index (χ3v) is 4.61. The summed E-state index contributed by atoms with van der Waals surface area (Å²) in [6, 6.07) is 15.0. The van der Waals surface area contributed by atoms with Crippen LogP contribution in [0.5, 0.6) is 0 Å². The lowest BCUT2D eigenvalue weighted by Crippen LogP contribution is -2.23. The summed E-state index contributed by atoms with van der Waals surface area (Å²) in [5.41, 5.74) is 0.142. The van der Waals surface area contributed by atoms with Gasteiger partial charge in [0.25, 0.3) is 5.56 Å². The minimum Gasteiger partial charge on any atom is -0.325 e. The molecule has 0 spiro atoms. The van der Waals surface area contributed by atoms with E-state index in [1.54, 1.807) is 6.07 Å². The van der Waals surface area contributed by atoms with Crippen LogP contribution in [-0.4, -0.2) is 15.7 Å². The standard InChI is InChI=1S/C21H17ClF3N3O2/c22-16-9-8-15(21(23,24)25)13-18(16)26-19(29)7-4-12-28-20(30)11-10-17(27-28)14-5-2-1-3-6-14/h1-3,5-6,8-11,13H,4,7,12H2,(H,26,29). The fourth-order valence-corrected chi connectivity index (χ4v) is 2.94. The highest BCUT2D eigenvalue weighted by Gasteiger charge is 2.31. The van der Waals surface area contributed by atoms with E-state index in [2.05, 4.69) is 10.4 Å². The first-order valence-electron chi connectivity index (χ1n) is 9.04. The third-order valence-electron chi connectivity index (χ3n) is 4.28. The average molecular weight is 436 g/mol. The molecular formula is C21H17ClF3N3O2. The van der Waals surface area contributed by atoms with Gasteiger partial charge in [0.15, 0.2) is 0 Å². The lowest BCUT2D eigenvalue weighted by atomic mass is 10.1. The van der Waals surface area contributed by atoms with Gasteiger partial charge in [0.05, 0.1) is 22.0 Å². The fraction of sp³-hybridized carbons (Fsp3) is 0.190. The van der Waals surface area contributed by atoms with Gasteiger partial charge in [-0.2, -0.15) is 18.3 Å². The number of halogens is 4. The number of nitrogens with one attached hydrogen (secondary N) is 1. The SMILES string of the molecule is O=C(CCCn1nc(-c2ccccc2)ccc1=O)Nc1cc(C(F)(F)F)ccc1Cl. The summed E-state index contributed by atoms with van der Waals surface area (Å²) in [6.07, 6.45) is -4.29. The van der Waals surface area contributed by atoms with E-state index in [1.165, 1.54) is 10.7 Å². The zero-order valence-electron chi connectivity index (χ0n) is 15.6. The molecule has 0 bridgehead atoms. The Morgan fingerprint density at radius 2 is 1.80 bits per heavy atom. The van der Waals surface area contributed by atoms with E-state index in [9.17, 15) is 22.8 Å². The Morgan fingerprint density at radius 1 is 1.07 bits per heavy atom. The van der Waals surface area contributed by atoms with Crippen molar-refractivity contribution in [3.8, 4) is 11.3 Å². The highest BCUT2D eigenvalue weighted by molar-refractivity contribution is 6.33. The van der Waals surface area contributed by atoms with Crippen molar-refractivity contribution in [1.29, 1.82) is 0 Å². The van der Waals surface area contributed by atoms with Crippen molar-refractivity contribution in [3.05, 3.63) is 81.6 Å². The number of benzene rings is 2. The van der Waals surface area contributed by atoms with Crippen LogP contribution in [0.25, 0.3) is 11.3 Å². The predicted octanol–water partition coefficient (Wildman–Crippen LogP) is 5.00. The lowest BCUT2D eigenvalue weighted by Gasteiger charge is -2.12. The van der Waals surface area contributed by atoms with Crippen molar-refractivity contribution in [2.75, 3.05) is 5.32 Å². The van der Waals surface area contributed by atoms with Crippen molar-refractivity contribution in [1.82, 2.24) is 9.78 Å². The van der Waals surface area contributed by atoms with E-state index in [0.717, 1.165) is 23.8 Å². The summed E-state index contributed by atoms with van der Waals surface area (Å²) in [5, 5.41) is 6.69. The molecule has 0 radical (unpaired) electrons. The summed E-state index contributed by atoms with van der Waals surface area (Å²) < 4.78 is 39.7. The normalized spacial score (nSPS) is 11.3. The van der Waals surface area contributed by atoms with Crippen molar-refractivity contribution >= 4 is 23.2 Å². The third kappa shape index (κ3) is 5.48. The summed E-state index contributed by atoms with van der Waals surface area (Å²) in [4.78, 5) is 24.2. The van der Waals surface area contributed by atoms with E-state index in [0.29, 0.717) is 5.69 Å². The molecule has 2 aromatic carbocycles. The van der Waals surface area contributed by atoms with Crippen LogP contribution in [0.1, 0.15) is 18.4 Å². The van der Waals surface area contributed by atoms with Gasteiger partial charge < -0.3 is 5.32 Å². The quantitative estimate of drug-likeness (QED) is 0.592. The Balaban J connectivity index is 1.62. The molecule has 0 aliphatic carbocycles. The molecule has 9 heteroatoms. The van der Waals surface area contributed by atoms with E-state index >= 15 is 0 Å². The number of hydrogen-bond acceptors (Lipinski definition) is 3. The Hall–Kier alpha value is -3.13. The first-order chi connectivity index (χ1) is 14.2. The molecule has 0 fully saturated rings. The van der Waals surface area contributed by atoms with Gasteiger partial charge in [0.2, 0.25) is 5.91 Å². The van der Waals surface area contributed by atoms with E-state index in [1.807, 2.05) is 30.3 Å². The maximum absolute atomic E-state index is 12.8. The van der Waals surface area contributed by atoms with E-state index in [4.69, 9.17) is 11.6 Å². The fourth-order valence-electron chi connectivity index (χ4n) is 2.77. The second-order valence-corrected chi connectivity index (χ2v) is 6.90. The highest BCUT2D eigenvalue weighted by Crippen LogP contribution is 2.33. The molecule has 156 valence electrons.